The van der Waals surface area contributed by atoms with Crippen molar-refractivity contribution in [3.8, 4) is 0 Å². The molecule has 174 valence electrons. The third-order valence-corrected chi connectivity index (χ3v) is 5.61. The van der Waals surface area contributed by atoms with Crippen LogP contribution < -0.4 is 10.6 Å². The summed E-state index contributed by atoms with van der Waals surface area (Å²) >= 11 is 0. The van der Waals surface area contributed by atoms with Crippen LogP contribution in [-0.4, -0.2) is 71.8 Å². The number of nitrogens with one attached hydrogen (secondary N) is 1. The molecule has 0 spiro atoms. The SMILES string of the molecule is CC(C)(C)C(OC1CCCN(C(=O)C2CN(c3ccc(C(=N)N)cc3)C(=O)O2)C1)C(=O)O. The molecule has 3 rings (SSSR count). The third kappa shape index (κ3) is 5.18. The van der Waals surface area contributed by atoms with Gasteiger partial charge in [0.25, 0.3) is 5.91 Å². The van der Waals surface area contributed by atoms with E-state index in [2.05, 4.69) is 0 Å². The van der Waals surface area contributed by atoms with Gasteiger partial charge in [0.05, 0.1) is 12.6 Å². The first-order chi connectivity index (χ1) is 15.0. The van der Waals surface area contributed by atoms with Crippen molar-refractivity contribution >= 4 is 29.5 Å². The fraction of sp³-hybridized carbons (Fsp3) is 0.545. The number of carboxylic acids is 1. The number of rotatable bonds is 6. The highest BCUT2D eigenvalue weighted by molar-refractivity contribution is 5.97. The summed E-state index contributed by atoms with van der Waals surface area (Å²) in [5.41, 5.74) is 5.95. The van der Waals surface area contributed by atoms with Crippen molar-refractivity contribution in [1.82, 2.24) is 4.90 Å². The molecule has 2 aliphatic heterocycles. The number of hydrogen-bond donors (Lipinski definition) is 3. The zero-order valence-electron chi connectivity index (χ0n) is 18.5. The van der Waals surface area contributed by atoms with Crippen molar-refractivity contribution in [1.29, 1.82) is 5.41 Å². The van der Waals surface area contributed by atoms with E-state index in [1.807, 2.05) is 0 Å². The lowest BCUT2D eigenvalue weighted by molar-refractivity contribution is -0.168. The molecule has 0 aromatic heterocycles. The van der Waals surface area contributed by atoms with Gasteiger partial charge in [-0.2, -0.15) is 0 Å². The van der Waals surface area contributed by atoms with Crippen LogP contribution in [0.15, 0.2) is 24.3 Å². The number of benzene rings is 1. The second kappa shape index (κ2) is 9.15. The predicted molar refractivity (Wildman–Crippen MR) is 117 cm³/mol. The van der Waals surface area contributed by atoms with Gasteiger partial charge in [0, 0.05) is 24.3 Å². The molecule has 2 heterocycles. The molecule has 1 aromatic rings. The molecule has 3 unspecified atom stereocenters. The average molecular weight is 447 g/mol. The monoisotopic (exact) mass is 446 g/mol. The number of piperidine rings is 1. The van der Waals surface area contributed by atoms with Crippen molar-refractivity contribution in [2.75, 3.05) is 24.5 Å². The van der Waals surface area contributed by atoms with Crippen LogP contribution in [-0.2, 0) is 19.1 Å². The number of likely N-dealkylation sites (tertiary alicyclic amines) is 1. The van der Waals surface area contributed by atoms with Crippen LogP contribution in [0.4, 0.5) is 10.5 Å². The minimum Gasteiger partial charge on any atom is -0.479 e. The quantitative estimate of drug-likeness (QED) is 0.446. The second-order valence-electron chi connectivity index (χ2n) is 9.21. The van der Waals surface area contributed by atoms with Crippen LogP contribution in [0.25, 0.3) is 0 Å². The average Bonchev–Trinajstić information content (AvgIpc) is 3.12. The van der Waals surface area contributed by atoms with E-state index in [9.17, 15) is 19.5 Å². The number of carbonyl (C=O) groups is 3. The van der Waals surface area contributed by atoms with Crippen molar-refractivity contribution in [2.45, 2.75) is 51.9 Å². The first-order valence-corrected chi connectivity index (χ1v) is 10.6. The molecule has 0 aliphatic carbocycles. The molecule has 10 heteroatoms. The number of amides is 2. The molecule has 1 aromatic carbocycles. The summed E-state index contributed by atoms with van der Waals surface area (Å²) in [5, 5.41) is 17.0. The molecule has 32 heavy (non-hydrogen) atoms. The van der Waals surface area contributed by atoms with Gasteiger partial charge < -0.3 is 25.2 Å². The molecule has 10 nitrogen and oxygen atoms in total. The summed E-state index contributed by atoms with van der Waals surface area (Å²) in [5.74, 6) is -1.43. The van der Waals surface area contributed by atoms with Crippen LogP contribution in [0.2, 0.25) is 0 Å². The minimum atomic E-state index is -1.03. The van der Waals surface area contributed by atoms with E-state index in [-0.39, 0.29) is 24.8 Å². The van der Waals surface area contributed by atoms with E-state index in [1.165, 1.54) is 4.90 Å². The summed E-state index contributed by atoms with van der Waals surface area (Å²) < 4.78 is 11.2. The molecule has 2 aliphatic rings. The van der Waals surface area contributed by atoms with E-state index in [0.717, 1.165) is 0 Å². The van der Waals surface area contributed by atoms with Crippen molar-refractivity contribution in [2.24, 2.45) is 11.1 Å². The standard InChI is InChI=1S/C22H30N4O6/c1-22(2,3)17(20(28)29)31-15-5-4-10-25(11-15)19(27)16-12-26(21(30)32-16)14-8-6-13(7-9-14)18(23)24/h6-9,15-17H,4-5,10-12H2,1-3H3,(H3,23,24)(H,28,29). The number of nitrogens with zero attached hydrogens (tertiary/aromatic N) is 2. The number of anilines is 1. The number of nitrogen functional groups attached to an aromatic ring is 1. The van der Waals surface area contributed by atoms with Crippen LogP contribution in [0.5, 0.6) is 0 Å². The lowest BCUT2D eigenvalue weighted by atomic mass is 9.88. The van der Waals surface area contributed by atoms with Crippen LogP contribution in [0.1, 0.15) is 39.2 Å². The summed E-state index contributed by atoms with van der Waals surface area (Å²) in [6.45, 7) is 6.21. The Kier molecular flexibility index (Phi) is 6.73. The number of ether oxygens (including phenoxy) is 2. The fourth-order valence-electron chi connectivity index (χ4n) is 3.90. The smallest absolute Gasteiger partial charge is 0.415 e. The summed E-state index contributed by atoms with van der Waals surface area (Å²) in [6, 6.07) is 6.55. The Morgan fingerprint density at radius 1 is 1.25 bits per heavy atom. The number of carboxylic acid groups (broad SMARTS) is 1. The highest BCUT2D eigenvalue weighted by atomic mass is 16.6. The highest BCUT2D eigenvalue weighted by Crippen LogP contribution is 2.28. The molecule has 0 bridgehead atoms. The number of hydrogen-bond acceptors (Lipinski definition) is 6. The van der Waals surface area contributed by atoms with Gasteiger partial charge >= 0.3 is 12.1 Å². The van der Waals surface area contributed by atoms with E-state index in [4.69, 9.17) is 20.6 Å². The minimum absolute atomic E-state index is 0.0683. The Hall–Kier alpha value is -3.14. The third-order valence-electron chi connectivity index (χ3n) is 5.61. The Labute approximate surface area is 186 Å². The highest BCUT2D eigenvalue weighted by Gasteiger charge is 2.41. The van der Waals surface area contributed by atoms with Gasteiger partial charge in [-0.25, -0.2) is 9.59 Å². The Bertz CT molecular complexity index is 895. The Balaban J connectivity index is 1.64. The number of amidine groups is 1. The largest absolute Gasteiger partial charge is 0.479 e. The predicted octanol–water partition coefficient (Wildman–Crippen LogP) is 1.80. The van der Waals surface area contributed by atoms with Crippen molar-refractivity contribution < 1.29 is 29.0 Å². The molecular weight excluding hydrogens is 416 g/mol. The maximum Gasteiger partial charge on any atom is 0.415 e. The maximum atomic E-state index is 13.0. The van der Waals surface area contributed by atoms with Gasteiger partial charge in [-0.1, -0.05) is 20.8 Å². The molecule has 2 fully saturated rings. The van der Waals surface area contributed by atoms with E-state index in [1.54, 1.807) is 49.9 Å². The van der Waals surface area contributed by atoms with E-state index < -0.39 is 35.8 Å². The molecule has 4 N–H and O–H groups in total. The lowest BCUT2D eigenvalue weighted by Crippen LogP contribution is -2.50. The zero-order valence-corrected chi connectivity index (χ0v) is 18.5. The van der Waals surface area contributed by atoms with Gasteiger partial charge in [-0.3, -0.25) is 15.1 Å². The summed E-state index contributed by atoms with van der Waals surface area (Å²) in [4.78, 5) is 40.0. The first kappa shape index (κ1) is 23.5. The maximum absolute atomic E-state index is 13.0. The molecule has 2 saturated heterocycles. The lowest BCUT2D eigenvalue weighted by Gasteiger charge is -2.37. The topological polar surface area (TPSA) is 146 Å². The van der Waals surface area contributed by atoms with E-state index >= 15 is 0 Å². The van der Waals surface area contributed by atoms with Crippen molar-refractivity contribution in [3.63, 3.8) is 0 Å². The second-order valence-corrected chi connectivity index (χ2v) is 9.21. The summed E-state index contributed by atoms with van der Waals surface area (Å²) in [6.07, 6.45) is -1.64. The van der Waals surface area contributed by atoms with Gasteiger partial charge in [0.1, 0.15) is 5.84 Å². The van der Waals surface area contributed by atoms with Crippen molar-refractivity contribution in [3.05, 3.63) is 29.8 Å². The first-order valence-electron chi connectivity index (χ1n) is 10.6. The molecule has 0 saturated carbocycles. The zero-order chi connectivity index (χ0) is 23.6. The molecular formula is C22H30N4O6. The Morgan fingerprint density at radius 3 is 2.47 bits per heavy atom. The van der Waals surface area contributed by atoms with Crippen LogP contribution in [0.3, 0.4) is 0 Å². The molecule has 0 radical (unpaired) electrons. The van der Waals surface area contributed by atoms with Gasteiger partial charge in [0.15, 0.2) is 12.2 Å². The number of carbonyl (C=O) groups excluding carboxylic acids is 2. The number of cyclic esters (lactones) is 1. The number of nitrogens with two attached hydrogens (primary N) is 1. The van der Waals surface area contributed by atoms with E-state index in [0.29, 0.717) is 30.6 Å². The van der Waals surface area contributed by atoms with Crippen LogP contribution in [0, 0.1) is 10.8 Å². The number of aliphatic carboxylic acids is 1. The van der Waals surface area contributed by atoms with Gasteiger partial charge in [0.2, 0.25) is 0 Å². The normalized spacial score (nSPS) is 22.4. The summed E-state index contributed by atoms with van der Waals surface area (Å²) in [7, 11) is 0. The molecule has 2 amide bonds. The van der Waals surface area contributed by atoms with Gasteiger partial charge in [-0.05, 0) is 42.5 Å². The fourth-order valence-corrected chi connectivity index (χ4v) is 3.90. The van der Waals surface area contributed by atoms with Crippen LogP contribution >= 0.6 is 0 Å². The Morgan fingerprint density at radius 2 is 1.91 bits per heavy atom. The van der Waals surface area contributed by atoms with Gasteiger partial charge in [-0.15, -0.1) is 0 Å². The molecule has 3 atom stereocenters.